The van der Waals surface area contributed by atoms with Gasteiger partial charge in [0.15, 0.2) is 11.6 Å². The van der Waals surface area contributed by atoms with Crippen LogP contribution in [0, 0.1) is 11.6 Å². The number of nitrogens with zero attached hydrogens (tertiary/aromatic N) is 2. The molecular formula is C29H24F2N4O3. The molecule has 0 bridgehead atoms. The summed E-state index contributed by atoms with van der Waals surface area (Å²) in [6.07, 6.45) is 0.686. The zero-order chi connectivity index (χ0) is 26.8. The van der Waals surface area contributed by atoms with Crippen LogP contribution in [-0.2, 0) is 0 Å². The van der Waals surface area contributed by atoms with Gasteiger partial charge in [-0.3, -0.25) is 9.69 Å². The zero-order valence-corrected chi connectivity index (χ0v) is 20.1. The molecule has 2 amide bonds. The molecule has 2 heterocycles. The predicted octanol–water partition coefficient (Wildman–Crippen LogP) is 5.50. The van der Waals surface area contributed by atoms with Crippen LogP contribution in [0.1, 0.15) is 28.4 Å². The highest BCUT2D eigenvalue weighted by Gasteiger charge is 2.39. The van der Waals surface area contributed by atoms with Crippen LogP contribution in [0.2, 0.25) is 0 Å². The number of nitrogens with one attached hydrogen (secondary N) is 1. The van der Waals surface area contributed by atoms with Crippen LogP contribution < -0.4 is 11.1 Å². The molecule has 2 atom stereocenters. The van der Waals surface area contributed by atoms with E-state index in [-0.39, 0.29) is 17.9 Å². The average Bonchev–Trinajstić information content (AvgIpc) is 3.35. The van der Waals surface area contributed by atoms with Gasteiger partial charge in [0, 0.05) is 18.3 Å². The number of likely N-dealkylation sites (tertiary alicyclic amines) is 1. The highest BCUT2D eigenvalue weighted by molar-refractivity contribution is 5.99. The molecule has 1 saturated heterocycles. The minimum Gasteiger partial charge on any atom is -0.465 e. The highest BCUT2D eigenvalue weighted by atomic mass is 19.2. The number of nitrogen functional groups attached to an aromatic ring is 1. The first-order valence-corrected chi connectivity index (χ1v) is 12.0. The summed E-state index contributed by atoms with van der Waals surface area (Å²) in [7, 11) is 0. The lowest BCUT2D eigenvalue weighted by atomic mass is 9.95. The number of hydrogen-bond donors (Lipinski definition) is 3. The van der Waals surface area contributed by atoms with E-state index in [9.17, 15) is 23.5 Å². The van der Waals surface area contributed by atoms with Gasteiger partial charge in [-0.15, -0.1) is 0 Å². The molecule has 2 unspecified atom stereocenters. The normalized spacial score (nSPS) is 16.8. The van der Waals surface area contributed by atoms with Gasteiger partial charge in [-0.1, -0.05) is 54.6 Å². The number of halogens is 2. The van der Waals surface area contributed by atoms with Gasteiger partial charge >= 0.3 is 6.09 Å². The molecule has 5 rings (SSSR count). The summed E-state index contributed by atoms with van der Waals surface area (Å²) >= 11 is 0. The Morgan fingerprint density at radius 3 is 2.37 bits per heavy atom. The van der Waals surface area contributed by atoms with Crippen molar-refractivity contribution >= 4 is 17.8 Å². The van der Waals surface area contributed by atoms with Gasteiger partial charge in [0.1, 0.15) is 5.82 Å². The topological polar surface area (TPSA) is 109 Å². The molecule has 1 fully saturated rings. The van der Waals surface area contributed by atoms with Gasteiger partial charge in [-0.2, -0.15) is 0 Å². The first kappa shape index (κ1) is 24.9. The van der Waals surface area contributed by atoms with Crippen LogP contribution in [0.3, 0.4) is 0 Å². The molecule has 4 N–H and O–H groups in total. The first-order valence-electron chi connectivity index (χ1n) is 12.0. The van der Waals surface area contributed by atoms with E-state index >= 15 is 0 Å². The van der Waals surface area contributed by atoms with E-state index in [4.69, 9.17) is 5.73 Å². The number of benzene rings is 3. The van der Waals surface area contributed by atoms with E-state index in [0.29, 0.717) is 17.5 Å². The number of carbonyl (C=O) groups is 2. The Labute approximate surface area is 217 Å². The third-order valence-corrected chi connectivity index (χ3v) is 6.71. The summed E-state index contributed by atoms with van der Waals surface area (Å²) in [6, 6.07) is 21.0. The molecule has 4 aromatic rings. The second-order valence-electron chi connectivity index (χ2n) is 9.07. The fourth-order valence-corrected chi connectivity index (χ4v) is 4.84. The molecule has 1 aliphatic rings. The molecule has 192 valence electrons. The van der Waals surface area contributed by atoms with Gasteiger partial charge in [0.25, 0.3) is 5.91 Å². The number of nitrogens with two attached hydrogens (primary N) is 1. The van der Waals surface area contributed by atoms with Gasteiger partial charge in [0.05, 0.1) is 17.6 Å². The largest absolute Gasteiger partial charge is 0.465 e. The number of carbonyl (C=O) groups excluding carboxylic acids is 1. The number of amides is 2. The smallest absolute Gasteiger partial charge is 0.407 e. The lowest BCUT2D eigenvalue weighted by Crippen LogP contribution is -2.41. The van der Waals surface area contributed by atoms with E-state index < -0.39 is 35.7 Å². The van der Waals surface area contributed by atoms with Crippen LogP contribution in [0.25, 0.3) is 22.3 Å². The minimum absolute atomic E-state index is 0.0375. The lowest BCUT2D eigenvalue weighted by molar-refractivity contribution is 0.0919. The quantitative estimate of drug-likeness (QED) is 0.326. The Bertz CT molecular complexity index is 1510. The van der Waals surface area contributed by atoms with Crippen molar-refractivity contribution in [2.45, 2.75) is 18.5 Å². The third kappa shape index (κ3) is 4.90. The molecule has 0 aliphatic carbocycles. The Kier molecular flexibility index (Phi) is 6.74. The van der Waals surface area contributed by atoms with Crippen molar-refractivity contribution in [1.29, 1.82) is 0 Å². The van der Waals surface area contributed by atoms with Crippen molar-refractivity contribution < 1.29 is 23.5 Å². The van der Waals surface area contributed by atoms with Crippen molar-refractivity contribution in [2.75, 3.05) is 12.3 Å². The maximum absolute atomic E-state index is 13.8. The van der Waals surface area contributed by atoms with Crippen LogP contribution in [0.5, 0.6) is 0 Å². The van der Waals surface area contributed by atoms with Gasteiger partial charge < -0.3 is 16.2 Å². The van der Waals surface area contributed by atoms with Crippen molar-refractivity contribution in [1.82, 2.24) is 15.2 Å². The monoisotopic (exact) mass is 514 g/mol. The Balaban J connectivity index is 1.44. The summed E-state index contributed by atoms with van der Waals surface area (Å²) in [5.74, 6) is -2.59. The number of aromatic nitrogens is 1. The van der Waals surface area contributed by atoms with Crippen LogP contribution >= 0.6 is 0 Å². The van der Waals surface area contributed by atoms with E-state index in [0.717, 1.165) is 28.8 Å². The van der Waals surface area contributed by atoms with Gasteiger partial charge in [-0.05, 0) is 52.9 Å². The second kappa shape index (κ2) is 10.3. The predicted molar refractivity (Wildman–Crippen MR) is 139 cm³/mol. The minimum atomic E-state index is -1.08. The Morgan fingerprint density at radius 1 is 0.895 bits per heavy atom. The molecule has 0 saturated carbocycles. The summed E-state index contributed by atoms with van der Waals surface area (Å²) in [6.45, 7) is 0.239. The fourth-order valence-electron chi connectivity index (χ4n) is 4.84. The van der Waals surface area contributed by atoms with E-state index in [1.165, 1.54) is 23.2 Å². The summed E-state index contributed by atoms with van der Waals surface area (Å²) in [5, 5.41) is 12.8. The second-order valence-corrected chi connectivity index (χ2v) is 9.07. The SMILES string of the molecule is Nc1ncc(-c2ccc(F)c(F)c2)cc1C(=O)NC1CCN(C(=O)O)C1c1cccc(-c2ccccc2)c1. The third-order valence-electron chi connectivity index (χ3n) is 6.71. The number of anilines is 1. The van der Waals surface area contributed by atoms with Gasteiger partial charge in [-0.25, -0.2) is 18.6 Å². The van der Waals surface area contributed by atoms with Crippen molar-refractivity contribution in [2.24, 2.45) is 0 Å². The molecular weight excluding hydrogens is 490 g/mol. The highest BCUT2D eigenvalue weighted by Crippen LogP contribution is 2.35. The molecule has 7 nitrogen and oxygen atoms in total. The Hall–Kier alpha value is -4.79. The van der Waals surface area contributed by atoms with Crippen LogP contribution in [0.15, 0.2) is 85.1 Å². The summed E-state index contributed by atoms with van der Waals surface area (Å²) in [4.78, 5) is 30.8. The van der Waals surface area contributed by atoms with Crippen molar-refractivity contribution in [3.05, 3.63) is 108 Å². The zero-order valence-electron chi connectivity index (χ0n) is 20.1. The van der Waals surface area contributed by atoms with E-state index in [2.05, 4.69) is 10.3 Å². The lowest BCUT2D eigenvalue weighted by Gasteiger charge is -2.27. The van der Waals surface area contributed by atoms with E-state index in [1.807, 2.05) is 54.6 Å². The maximum atomic E-state index is 13.8. The molecule has 3 aromatic carbocycles. The fraction of sp³-hybridized carbons (Fsp3) is 0.138. The van der Waals surface area contributed by atoms with Crippen LogP contribution in [0.4, 0.5) is 19.4 Å². The van der Waals surface area contributed by atoms with Crippen molar-refractivity contribution in [3.8, 4) is 22.3 Å². The molecule has 1 aliphatic heterocycles. The molecule has 0 radical (unpaired) electrons. The summed E-state index contributed by atoms with van der Waals surface area (Å²) < 4.78 is 27.1. The number of carboxylic acid groups (broad SMARTS) is 1. The molecule has 38 heavy (non-hydrogen) atoms. The van der Waals surface area contributed by atoms with E-state index in [1.54, 1.807) is 0 Å². The number of pyridine rings is 1. The van der Waals surface area contributed by atoms with Gasteiger partial charge in [0.2, 0.25) is 0 Å². The standard InChI is InChI=1S/C29H24F2N4O3/c30-23-10-9-19(15-24(23)31)21-14-22(27(32)33-16-21)28(36)34-25-11-12-35(29(37)38)26(25)20-8-4-7-18(13-20)17-5-2-1-3-6-17/h1-10,13-16,25-26H,11-12H2,(H2,32,33)(H,34,36)(H,37,38). The average molecular weight is 515 g/mol. The van der Waals surface area contributed by atoms with Crippen molar-refractivity contribution in [3.63, 3.8) is 0 Å². The first-order chi connectivity index (χ1) is 18.3. The van der Waals surface area contributed by atoms with Crippen LogP contribution in [-0.4, -0.2) is 39.6 Å². The molecule has 1 aromatic heterocycles. The number of hydrogen-bond acceptors (Lipinski definition) is 4. The summed E-state index contributed by atoms with van der Waals surface area (Å²) in [5.41, 5.74) is 9.43. The molecule has 0 spiro atoms. The molecule has 9 heteroatoms. The number of rotatable bonds is 5. The maximum Gasteiger partial charge on any atom is 0.407 e. The Morgan fingerprint density at radius 2 is 1.63 bits per heavy atom.